The number of ether oxygens (including phenoxy) is 3. The first-order valence-corrected chi connectivity index (χ1v) is 9.14. The van der Waals surface area contributed by atoms with Crippen LogP contribution in [-0.4, -0.2) is 37.1 Å². The zero-order chi connectivity index (χ0) is 19.8. The predicted octanol–water partition coefficient (Wildman–Crippen LogP) is 3.03. The average molecular weight is 388 g/mol. The van der Waals surface area contributed by atoms with Crippen molar-refractivity contribution in [3.05, 3.63) is 45.4 Å². The summed E-state index contributed by atoms with van der Waals surface area (Å²) in [5.74, 6) is -1.61. The summed E-state index contributed by atoms with van der Waals surface area (Å²) in [6.45, 7) is 3.97. The first kappa shape index (κ1) is 20.6. The lowest BCUT2D eigenvalue weighted by Crippen LogP contribution is -2.20. The molecule has 0 aliphatic heterocycles. The fourth-order valence-electron chi connectivity index (χ4n) is 2.30. The van der Waals surface area contributed by atoms with Crippen LogP contribution in [-0.2, 0) is 20.9 Å². The second-order valence-corrected chi connectivity index (χ2v) is 6.49. The first-order valence-electron chi connectivity index (χ1n) is 8.26. The fraction of sp³-hybridized carbons (Fsp3) is 0.368. The third-order valence-electron chi connectivity index (χ3n) is 3.66. The van der Waals surface area contributed by atoms with Gasteiger partial charge in [-0.2, -0.15) is 5.26 Å². The molecule has 0 saturated carbocycles. The van der Waals surface area contributed by atoms with E-state index in [0.29, 0.717) is 29.5 Å². The van der Waals surface area contributed by atoms with Gasteiger partial charge in [0.15, 0.2) is 18.3 Å². The van der Waals surface area contributed by atoms with Gasteiger partial charge in [-0.15, -0.1) is 11.3 Å². The van der Waals surface area contributed by atoms with Crippen LogP contribution in [0.15, 0.2) is 23.6 Å². The molecule has 0 unspecified atom stereocenters. The van der Waals surface area contributed by atoms with E-state index in [1.165, 1.54) is 18.4 Å². The molecular formula is C19H20N2O5S. The summed E-state index contributed by atoms with van der Waals surface area (Å²) in [6, 6.07) is 6.71. The van der Waals surface area contributed by atoms with Crippen molar-refractivity contribution in [3.63, 3.8) is 0 Å². The zero-order valence-electron chi connectivity index (χ0n) is 15.4. The molecule has 1 aromatic carbocycles. The Morgan fingerprint density at radius 1 is 1.37 bits per heavy atom. The van der Waals surface area contributed by atoms with Crippen LogP contribution in [0.2, 0.25) is 0 Å². The number of ketones is 1. The van der Waals surface area contributed by atoms with Gasteiger partial charge in [0.25, 0.3) is 0 Å². The molecule has 1 heterocycles. The topological polar surface area (TPSA) is 98.5 Å². The number of nitrogens with zero attached hydrogens (tertiary/aromatic N) is 2. The van der Waals surface area contributed by atoms with E-state index < -0.39 is 24.3 Å². The Labute approximate surface area is 161 Å². The lowest BCUT2D eigenvalue weighted by molar-refractivity contribution is -0.122. The van der Waals surface area contributed by atoms with E-state index in [-0.39, 0.29) is 5.56 Å². The smallest absolute Gasteiger partial charge is 0.338 e. The molecule has 27 heavy (non-hydrogen) atoms. The molecule has 2 aromatic rings. The summed E-state index contributed by atoms with van der Waals surface area (Å²) >= 11 is 1.23. The summed E-state index contributed by atoms with van der Waals surface area (Å²) in [4.78, 5) is 28.7. The van der Waals surface area contributed by atoms with E-state index in [4.69, 9.17) is 14.2 Å². The summed E-state index contributed by atoms with van der Waals surface area (Å²) in [5, 5.41) is 11.4. The maximum Gasteiger partial charge on any atom is 0.338 e. The maximum atomic E-state index is 12.3. The normalized spacial score (nSPS) is 11.5. The number of aromatic nitrogens is 1. The third-order valence-corrected chi connectivity index (χ3v) is 4.69. The monoisotopic (exact) mass is 388 g/mol. The van der Waals surface area contributed by atoms with Crippen molar-refractivity contribution in [3.8, 4) is 11.8 Å². The van der Waals surface area contributed by atoms with Crippen LogP contribution in [0.3, 0.4) is 0 Å². The quantitative estimate of drug-likeness (QED) is 0.609. The fourth-order valence-corrected chi connectivity index (χ4v) is 3.16. The zero-order valence-corrected chi connectivity index (χ0v) is 16.2. The number of esters is 1. The van der Waals surface area contributed by atoms with Crippen molar-refractivity contribution in [1.82, 2.24) is 4.98 Å². The summed E-state index contributed by atoms with van der Waals surface area (Å²) in [6.07, 6.45) is 0. The molecule has 0 amide bonds. The minimum absolute atomic E-state index is 0.275. The molecule has 8 heteroatoms. The number of carbonyl (C=O) groups is 2. The molecule has 0 fully saturated rings. The van der Waals surface area contributed by atoms with Crippen LogP contribution in [0.4, 0.5) is 0 Å². The molecule has 7 nitrogen and oxygen atoms in total. The van der Waals surface area contributed by atoms with Gasteiger partial charge in [0, 0.05) is 23.2 Å². The van der Waals surface area contributed by atoms with Gasteiger partial charge in [-0.1, -0.05) is 0 Å². The number of aryl methyl sites for hydroxylation is 1. The van der Waals surface area contributed by atoms with Crippen molar-refractivity contribution in [1.29, 1.82) is 5.26 Å². The maximum absolute atomic E-state index is 12.3. The summed E-state index contributed by atoms with van der Waals surface area (Å²) in [7, 11) is 1.53. The van der Waals surface area contributed by atoms with Gasteiger partial charge in [0.05, 0.1) is 25.3 Å². The Morgan fingerprint density at radius 3 is 2.74 bits per heavy atom. The van der Waals surface area contributed by atoms with Crippen LogP contribution in [0, 0.1) is 18.3 Å². The third kappa shape index (κ3) is 5.36. The Morgan fingerprint density at radius 2 is 2.15 bits per heavy atom. The standard InChI is InChI=1S/C19H20N2O5S/c1-4-25-9-14-7-13(5-6-17(14)24-3)19(23)26-10-16(22)15(8-20)18-21-12(2)11-27-18/h5-7,11,15H,4,9-10H2,1-3H3/t15-/m1/s1. The molecule has 1 atom stereocenters. The van der Waals surface area contributed by atoms with E-state index in [0.717, 1.165) is 5.69 Å². The van der Waals surface area contributed by atoms with E-state index in [1.54, 1.807) is 30.5 Å². The molecule has 0 N–H and O–H groups in total. The highest BCUT2D eigenvalue weighted by molar-refractivity contribution is 7.09. The molecule has 0 bridgehead atoms. The van der Waals surface area contributed by atoms with Gasteiger partial charge in [-0.3, -0.25) is 4.79 Å². The summed E-state index contributed by atoms with van der Waals surface area (Å²) < 4.78 is 15.7. The Balaban J connectivity index is 2.04. The minimum Gasteiger partial charge on any atom is -0.496 e. The van der Waals surface area contributed by atoms with Crippen molar-refractivity contribution in [2.75, 3.05) is 20.3 Å². The van der Waals surface area contributed by atoms with Gasteiger partial charge in [-0.25, -0.2) is 9.78 Å². The van der Waals surface area contributed by atoms with E-state index >= 15 is 0 Å². The Hall–Kier alpha value is -2.76. The second-order valence-electron chi connectivity index (χ2n) is 5.60. The molecule has 2 rings (SSSR count). The first-order chi connectivity index (χ1) is 13.0. The van der Waals surface area contributed by atoms with Crippen LogP contribution in [0.1, 0.15) is 39.5 Å². The molecule has 0 saturated heterocycles. The molecule has 0 aliphatic rings. The number of carbonyl (C=O) groups excluding carboxylic acids is 2. The second kappa shape index (κ2) is 9.80. The number of rotatable bonds is 9. The van der Waals surface area contributed by atoms with Crippen LogP contribution >= 0.6 is 11.3 Å². The largest absolute Gasteiger partial charge is 0.496 e. The molecule has 1 aromatic heterocycles. The minimum atomic E-state index is -1.04. The van der Waals surface area contributed by atoms with Crippen molar-refractivity contribution in [2.24, 2.45) is 0 Å². The molecular weight excluding hydrogens is 368 g/mol. The molecule has 0 radical (unpaired) electrons. The van der Waals surface area contributed by atoms with Crippen LogP contribution < -0.4 is 4.74 Å². The van der Waals surface area contributed by atoms with E-state index in [1.807, 2.05) is 13.0 Å². The highest BCUT2D eigenvalue weighted by atomic mass is 32.1. The van der Waals surface area contributed by atoms with Crippen molar-refractivity contribution >= 4 is 23.1 Å². The highest BCUT2D eigenvalue weighted by Crippen LogP contribution is 2.23. The number of hydrogen-bond acceptors (Lipinski definition) is 8. The van der Waals surface area contributed by atoms with E-state index in [9.17, 15) is 14.9 Å². The summed E-state index contributed by atoms with van der Waals surface area (Å²) in [5.41, 5.74) is 1.71. The molecule has 0 aliphatic carbocycles. The van der Waals surface area contributed by atoms with Crippen molar-refractivity contribution < 1.29 is 23.8 Å². The van der Waals surface area contributed by atoms with Gasteiger partial charge < -0.3 is 14.2 Å². The van der Waals surface area contributed by atoms with Crippen molar-refractivity contribution in [2.45, 2.75) is 26.4 Å². The molecule has 142 valence electrons. The number of hydrogen-bond donors (Lipinski definition) is 0. The van der Waals surface area contributed by atoms with E-state index in [2.05, 4.69) is 4.98 Å². The van der Waals surface area contributed by atoms with Crippen LogP contribution in [0.25, 0.3) is 0 Å². The number of Topliss-reactive ketones (excluding diaryl/α,β-unsaturated/α-hetero) is 1. The predicted molar refractivity (Wildman–Crippen MR) is 98.8 cm³/mol. The number of nitriles is 1. The van der Waals surface area contributed by atoms with Gasteiger partial charge in [0.1, 0.15) is 10.8 Å². The SMILES string of the molecule is CCOCc1cc(C(=O)OCC(=O)[C@@H](C#N)c2nc(C)cs2)ccc1OC. The number of benzene rings is 1. The lowest BCUT2D eigenvalue weighted by Gasteiger charge is -2.11. The van der Waals surface area contributed by atoms with Gasteiger partial charge in [0.2, 0.25) is 0 Å². The van der Waals surface area contributed by atoms with Gasteiger partial charge in [-0.05, 0) is 32.0 Å². The highest BCUT2D eigenvalue weighted by Gasteiger charge is 2.24. The Bertz CT molecular complexity index is 856. The number of methoxy groups -OCH3 is 1. The molecule has 0 spiro atoms. The van der Waals surface area contributed by atoms with Crippen LogP contribution in [0.5, 0.6) is 5.75 Å². The Kier molecular flexibility index (Phi) is 7.46. The number of thiazole rings is 1. The van der Waals surface area contributed by atoms with Gasteiger partial charge >= 0.3 is 5.97 Å². The average Bonchev–Trinajstić information content (AvgIpc) is 3.10. The lowest BCUT2D eigenvalue weighted by atomic mass is 10.1.